The van der Waals surface area contributed by atoms with Crippen LogP contribution in [0.15, 0.2) is 24.3 Å². The van der Waals surface area contributed by atoms with Crippen molar-refractivity contribution in [2.24, 2.45) is 0 Å². The van der Waals surface area contributed by atoms with Gasteiger partial charge in [-0.2, -0.15) is 0 Å². The topological polar surface area (TPSA) is 26.0 Å². The lowest BCUT2D eigenvalue weighted by Crippen LogP contribution is -1.93. The van der Waals surface area contributed by atoms with Crippen LogP contribution in [0.25, 0.3) is 10.8 Å². The highest BCUT2D eigenvalue weighted by atomic mass is 14.6. The van der Waals surface area contributed by atoms with Gasteiger partial charge in [-0.05, 0) is 24.3 Å². The van der Waals surface area contributed by atoms with E-state index in [9.17, 15) is 0 Å². The monoisotopic (exact) mass is 215 g/mol. The van der Waals surface area contributed by atoms with Crippen molar-refractivity contribution >= 4 is 16.5 Å². The molecule has 0 aliphatic rings. The number of fused-ring (bicyclic) bond motifs is 1. The van der Waals surface area contributed by atoms with E-state index >= 15 is 0 Å². The van der Waals surface area contributed by atoms with Gasteiger partial charge in [-0.25, -0.2) is 0 Å². The van der Waals surface area contributed by atoms with Crippen LogP contribution in [-0.4, -0.2) is 0 Å². The van der Waals surface area contributed by atoms with Crippen molar-refractivity contribution in [3.8, 4) is 37.0 Å². The number of anilines is 1. The highest BCUT2D eigenvalue weighted by Crippen LogP contribution is 2.28. The average molecular weight is 215 g/mol. The number of nitrogen functional groups attached to an aromatic ring is 1. The molecule has 0 atom stereocenters. The van der Waals surface area contributed by atoms with E-state index < -0.39 is 0 Å². The van der Waals surface area contributed by atoms with Crippen LogP contribution in [0.1, 0.15) is 16.7 Å². The minimum atomic E-state index is 0.556. The largest absolute Gasteiger partial charge is 0.398 e. The maximum atomic E-state index is 5.97. The zero-order valence-electron chi connectivity index (χ0n) is 9.12. The summed E-state index contributed by atoms with van der Waals surface area (Å²) in [4.78, 5) is 0. The van der Waals surface area contributed by atoms with Crippen LogP contribution in [0.2, 0.25) is 0 Å². The Hall–Kier alpha value is -2.82. The van der Waals surface area contributed by atoms with Crippen molar-refractivity contribution in [1.82, 2.24) is 0 Å². The van der Waals surface area contributed by atoms with Gasteiger partial charge in [0.05, 0.1) is 0 Å². The van der Waals surface area contributed by atoms with Crippen LogP contribution < -0.4 is 5.73 Å². The maximum Gasteiger partial charge on any atom is 0.0419 e. The van der Waals surface area contributed by atoms with Crippen LogP contribution in [0.5, 0.6) is 0 Å². The van der Waals surface area contributed by atoms with Gasteiger partial charge in [-0.3, -0.25) is 0 Å². The molecular weight excluding hydrogens is 206 g/mol. The van der Waals surface area contributed by atoms with Gasteiger partial charge < -0.3 is 5.73 Å². The standard InChI is InChI=1S/C16H9N/c1-4-11-9-14-12(5-2)7-8-13(6-3)16(14)15(17)10-11/h1-3,7-10H,17H2. The lowest BCUT2D eigenvalue weighted by Gasteiger charge is -2.08. The molecule has 0 radical (unpaired) electrons. The molecule has 0 saturated heterocycles. The Morgan fingerprint density at radius 3 is 2.12 bits per heavy atom. The Morgan fingerprint density at radius 1 is 0.882 bits per heavy atom. The summed E-state index contributed by atoms with van der Waals surface area (Å²) in [6.45, 7) is 0. The summed E-state index contributed by atoms with van der Waals surface area (Å²) in [6.07, 6.45) is 16.3. The molecule has 0 amide bonds. The zero-order valence-corrected chi connectivity index (χ0v) is 9.12. The van der Waals surface area contributed by atoms with Gasteiger partial charge in [0.1, 0.15) is 0 Å². The van der Waals surface area contributed by atoms with E-state index in [-0.39, 0.29) is 0 Å². The van der Waals surface area contributed by atoms with E-state index in [4.69, 9.17) is 25.0 Å². The van der Waals surface area contributed by atoms with Gasteiger partial charge in [0.25, 0.3) is 0 Å². The van der Waals surface area contributed by atoms with Crippen molar-refractivity contribution in [2.45, 2.75) is 0 Å². The van der Waals surface area contributed by atoms with E-state index in [0.29, 0.717) is 11.3 Å². The lowest BCUT2D eigenvalue weighted by atomic mass is 9.96. The summed E-state index contributed by atoms with van der Waals surface area (Å²) in [5.74, 6) is 7.75. The number of benzene rings is 2. The summed E-state index contributed by atoms with van der Waals surface area (Å²) in [5.41, 5.74) is 8.68. The van der Waals surface area contributed by atoms with Crippen molar-refractivity contribution in [3.05, 3.63) is 41.0 Å². The first-order chi connectivity index (χ1) is 8.21. The van der Waals surface area contributed by atoms with Gasteiger partial charge >= 0.3 is 0 Å². The number of hydrogen-bond donors (Lipinski definition) is 1. The van der Waals surface area contributed by atoms with Crippen molar-refractivity contribution in [1.29, 1.82) is 0 Å². The molecule has 0 saturated carbocycles. The first-order valence-corrected chi connectivity index (χ1v) is 4.97. The minimum absolute atomic E-state index is 0.556. The van der Waals surface area contributed by atoms with Crippen LogP contribution in [0, 0.1) is 37.0 Å². The number of hydrogen-bond acceptors (Lipinski definition) is 1. The van der Waals surface area contributed by atoms with Crippen molar-refractivity contribution < 1.29 is 0 Å². The molecule has 2 aromatic carbocycles. The maximum absolute atomic E-state index is 5.97. The SMILES string of the molecule is C#Cc1cc(N)c2c(C#C)ccc(C#C)c2c1. The van der Waals surface area contributed by atoms with Gasteiger partial charge in [0.2, 0.25) is 0 Å². The molecule has 0 aromatic heterocycles. The fourth-order valence-corrected chi connectivity index (χ4v) is 1.85. The molecular formula is C16H9N. The number of nitrogens with two attached hydrogens (primary N) is 1. The van der Waals surface area contributed by atoms with E-state index in [2.05, 4.69) is 17.8 Å². The van der Waals surface area contributed by atoms with Gasteiger partial charge in [0.15, 0.2) is 0 Å². The highest BCUT2D eigenvalue weighted by Gasteiger charge is 2.08. The van der Waals surface area contributed by atoms with Crippen molar-refractivity contribution in [2.75, 3.05) is 5.73 Å². The van der Waals surface area contributed by atoms with Crippen molar-refractivity contribution in [3.63, 3.8) is 0 Å². The predicted octanol–water partition coefficient (Wildman–Crippen LogP) is 2.37. The fourth-order valence-electron chi connectivity index (χ4n) is 1.85. The first-order valence-electron chi connectivity index (χ1n) is 4.97. The smallest absolute Gasteiger partial charge is 0.0419 e. The molecule has 0 bridgehead atoms. The summed E-state index contributed by atoms with van der Waals surface area (Å²) in [6, 6.07) is 7.16. The van der Waals surface area contributed by atoms with Gasteiger partial charge in [-0.15, -0.1) is 19.3 Å². The Morgan fingerprint density at radius 2 is 1.53 bits per heavy atom. The summed E-state index contributed by atoms with van der Waals surface area (Å²) in [7, 11) is 0. The summed E-state index contributed by atoms with van der Waals surface area (Å²) in [5, 5.41) is 1.62. The zero-order chi connectivity index (χ0) is 12.4. The average Bonchev–Trinajstić information content (AvgIpc) is 2.37. The van der Waals surface area contributed by atoms with E-state index in [1.165, 1.54) is 0 Å². The van der Waals surface area contributed by atoms with E-state index in [0.717, 1.165) is 21.9 Å². The molecule has 78 valence electrons. The molecule has 1 heteroatoms. The molecule has 17 heavy (non-hydrogen) atoms. The lowest BCUT2D eigenvalue weighted by molar-refractivity contribution is 1.63. The van der Waals surface area contributed by atoms with E-state index in [1.54, 1.807) is 18.2 Å². The minimum Gasteiger partial charge on any atom is -0.398 e. The molecule has 0 heterocycles. The van der Waals surface area contributed by atoms with Gasteiger partial charge in [0, 0.05) is 33.2 Å². The molecule has 0 spiro atoms. The second kappa shape index (κ2) is 3.97. The van der Waals surface area contributed by atoms with Gasteiger partial charge in [-0.1, -0.05) is 17.8 Å². The summed E-state index contributed by atoms with van der Waals surface area (Å²) < 4.78 is 0. The third-order valence-electron chi connectivity index (χ3n) is 2.62. The molecule has 2 aromatic rings. The Balaban J connectivity index is 3.04. The van der Waals surface area contributed by atoms with Crippen LogP contribution in [0.3, 0.4) is 0 Å². The predicted molar refractivity (Wildman–Crippen MR) is 72.2 cm³/mol. The van der Waals surface area contributed by atoms with Crippen LogP contribution in [0.4, 0.5) is 5.69 Å². The van der Waals surface area contributed by atoms with E-state index in [1.807, 2.05) is 6.07 Å². The molecule has 0 aliphatic carbocycles. The molecule has 2 rings (SSSR count). The number of terminal acetylenes is 3. The molecule has 0 aliphatic heterocycles. The summed E-state index contributed by atoms with van der Waals surface area (Å²) >= 11 is 0. The van der Waals surface area contributed by atoms with Crippen LogP contribution in [-0.2, 0) is 0 Å². The van der Waals surface area contributed by atoms with Crippen LogP contribution >= 0.6 is 0 Å². The second-order valence-electron chi connectivity index (χ2n) is 3.58. The Kier molecular flexibility index (Phi) is 2.50. The normalized spacial score (nSPS) is 9.24. The fraction of sp³-hybridized carbons (Fsp3) is 0. The second-order valence-corrected chi connectivity index (χ2v) is 3.58. The molecule has 0 fully saturated rings. The Bertz CT molecular complexity index is 731. The Labute approximate surface area is 101 Å². The first kappa shape index (κ1) is 10.7. The molecule has 0 unspecified atom stereocenters. The third kappa shape index (κ3) is 1.59. The third-order valence-corrected chi connectivity index (χ3v) is 2.62. The number of rotatable bonds is 0. The highest BCUT2D eigenvalue weighted by molar-refractivity contribution is 6.01. The molecule has 1 nitrogen and oxygen atoms in total. The quantitative estimate of drug-likeness (QED) is 0.530. The molecule has 2 N–H and O–H groups in total.